The summed E-state index contributed by atoms with van der Waals surface area (Å²) in [5.41, 5.74) is 1.47. The monoisotopic (exact) mass is 302 g/mol. The average molecular weight is 302 g/mol. The Bertz CT molecular complexity index is 555. The summed E-state index contributed by atoms with van der Waals surface area (Å²) in [6.45, 7) is 4.22. The van der Waals surface area contributed by atoms with Crippen LogP contribution in [0, 0.1) is 5.92 Å². The van der Waals surface area contributed by atoms with E-state index >= 15 is 0 Å². The lowest BCUT2D eigenvalue weighted by molar-refractivity contribution is -0.132. The molecular weight excluding hydrogens is 276 g/mol. The zero-order chi connectivity index (χ0) is 15.2. The van der Waals surface area contributed by atoms with Crippen molar-refractivity contribution in [2.75, 3.05) is 19.6 Å². The largest absolute Gasteiger partial charge is 0.337 e. The van der Waals surface area contributed by atoms with Crippen molar-refractivity contribution in [2.45, 2.75) is 50.6 Å². The number of hydrogen-bond acceptors (Lipinski definition) is 3. The maximum Gasteiger partial charge on any atom is 0.223 e. The van der Waals surface area contributed by atoms with Gasteiger partial charge in [-0.05, 0) is 38.0 Å². The highest BCUT2D eigenvalue weighted by molar-refractivity contribution is 5.79. The van der Waals surface area contributed by atoms with Gasteiger partial charge in [0.05, 0.1) is 6.20 Å². The van der Waals surface area contributed by atoms with Crippen molar-refractivity contribution in [3.05, 3.63) is 18.0 Å². The van der Waals surface area contributed by atoms with Crippen LogP contribution in [0.3, 0.4) is 0 Å². The number of aryl methyl sites for hydroxylation is 1. The first kappa shape index (κ1) is 14.2. The number of carbonyl (C=O) groups is 1. The van der Waals surface area contributed by atoms with E-state index in [4.69, 9.17) is 0 Å². The predicted molar refractivity (Wildman–Crippen MR) is 84.1 cm³/mol. The molecule has 0 aromatic carbocycles. The van der Waals surface area contributed by atoms with Gasteiger partial charge in [0.15, 0.2) is 0 Å². The fourth-order valence-corrected chi connectivity index (χ4v) is 4.19. The fourth-order valence-electron chi connectivity index (χ4n) is 4.19. The Morgan fingerprint density at radius 1 is 1.27 bits per heavy atom. The van der Waals surface area contributed by atoms with Crippen molar-refractivity contribution in [3.8, 4) is 0 Å². The third-order valence-electron chi connectivity index (χ3n) is 5.77. The highest BCUT2D eigenvalue weighted by Gasteiger charge is 2.48. The van der Waals surface area contributed by atoms with E-state index in [1.54, 1.807) is 0 Å². The second-order valence-electron chi connectivity index (χ2n) is 7.47. The van der Waals surface area contributed by atoms with Crippen LogP contribution in [0.1, 0.15) is 44.1 Å². The Morgan fingerprint density at radius 2 is 2.05 bits per heavy atom. The summed E-state index contributed by atoms with van der Waals surface area (Å²) in [5, 5.41) is 4.25. The van der Waals surface area contributed by atoms with Crippen LogP contribution in [0.5, 0.6) is 0 Å². The summed E-state index contributed by atoms with van der Waals surface area (Å²) in [6.07, 6.45) is 10.9. The molecule has 1 aliphatic carbocycles. The van der Waals surface area contributed by atoms with Gasteiger partial charge in [-0.15, -0.1) is 0 Å². The summed E-state index contributed by atoms with van der Waals surface area (Å²) in [4.78, 5) is 17.1. The van der Waals surface area contributed by atoms with Crippen molar-refractivity contribution in [1.82, 2.24) is 19.6 Å². The molecule has 5 heteroatoms. The molecule has 4 rings (SSSR count). The zero-order valence-electron chi connectivity index (χ0n) is 13.5. The zero-order valence-corrected chi connectivity index (χ0v) is 13.5. The fraction of sp³-hybridized carbons (Fsp3) is 0.765. The van der Waals surface area contributed by atoms with Crippen LogP contribution >= 0.6 is 0 Å². The maximum atomic E-state index is 12.3. The van der Waals surface area contributed by atoms with Gasteiger partial charge < -0.3 is 4.90 Å². The van der Waals surface area contributed by atoms with Crippen molar-refractivity contribution in [3.63, 3.8) is 0 Å². The van der Waals surface area contributed by atoms with Gasteiger partial charge in [0.2, 0.25) is 5.91 Å². The van der Waals surface area contributed by atoms with Crippen LogP contribution in [0.25, 0.3) is 0 Å². The van der Waals surface area contributed by atoms with Gasteiger partial charge in [0.25, 0.3) is 0 Å². The molecule has 1 aromatic rings. The lowest BCUT2D eigenvalue weighted by Crippen LogP contribution is -2.53. The smallest absolute Gasteiger partial charge is 0.223 e. The number of hydrogen-bond donors (Lipinski definition) is 0. The van der Waals surface area contributed by atoms with Crippen molar-refractivity contribution in [1.29, 1.82) is 0 Å². The van der Waals surface area contributed by atoms with Gasteiger partial charge in [0.1, 0.15) is 0 Å². The molecule has 5 nitrogen and oxygen atoms in total. The van der Waals surface area contributed by atoms with E-state index in [-0.39, 0.29) is 5.54 Å². The molecule has 1 spiro atoms. The number of carbonyl (C=O) groups excluding carboxylic acids is 1. The van der Waals surface area contributed by atoms with Gasteiger partial charge in [-0.1, -0.05) is 0 Å². The van der Waals surface area contributed by atoms with E-state index in [9.17, 15) is 4.79 Å². The molecule has 0 bridgehead atoms. The van der Waals surface area contributed by atoms with Gasteiger partial charge in [-0.25, -0.2) is 0 Å². The van der Waals surface area contributed by atoms with Crippen LogP contribution in [0.4, 0.5) is 0 Å². The van der Waals surface area contributed by atoms with Gasteiger partial charge in [-0.3, -0.25) is 14.4 Å². The molecule has 1 aromatic heterocycles. The molecule has 0 atom stereocenters. The molecule has 120 valence electrons. The van der Waals surface area contributed by atoms with Crippen molar-refractivity contribution < 1.29 is 4.79 Å². The maximum absolute atomic E-state index is 12.3. The number of piperidine rings is 1. The summed E-state index contributed by atoms with van der Waals surface area (Å²) >= 11 is 0. The molecule has 0 radical (unpaired) electrons. The molecule has 2 saturated heterocycles. The van der Waals surface area contributed by atoms with Crippen LogP contribution in [0.2, 0.25) is 0 Å². The molecule has 0 N–H and O–H groups in total. The number of rotatable bonds is 4. The summed E-state index contributed by atoms with van der Waals surface area (Å²) in [7, 11) is 1.97. The molecule has 3 aliphatic rings. The Hall–Kier alpha value is -1.36. The molecule has 0 unspecified atom stereocenters. The Labute approximate surface area is 132 Å². The minimum absolute atomic E-state index is 0.186. The molecule has 2 aliphatic heterocycles. The third kappa shape index (κ3) is 2.67. The van der Waals surface area contributed by atoms with E-state index in [1.807, 2.05) is 17.9 Å². The standard InChI is InChI=1S/C17H26N4O/c1-19-11-15(10-18-19)12-20-8-6-17(7-9-20)5-4-16(22)21(17)13-14-2-3-14/h10-11,14H,2-9,12-13H2,1H3. The molecule has 22 heavy (non-hydrogen) atoms. The number of aromatic nitrogens is 2. The lowest BCUT2D eigenvalue weighted by Gasteiger charge is -2.45. The van der Waals surface area contributed by atoms with Crippen molar-refractivity contribution in [2.24, 2.45) is 13.0 Å². The second-order valence-corrected chi connectivity index (χ2v) is 7.47. The summed E-state index contributed by atoms with van der Waals surface area (Å²) in [6, 6.07) is 0. The number of nitrogens with zero attached hydrogens (tertiary/aromatic N) is 4. The summed E-state index contributed by atoms with van der Waals surface area (Å²) < 4.78 is 1.87. The molecule has 1 amide bonds. The van der Waals surface area contributed by atoms with Crippen molar-refractivity contribution >= 4 is 5.91 Å². The topological polar surface area (TPSA) is 41.4 Å². The van der Waals surface area contributed by atoms with E-state index < -0.39 is 0 Å². The molecule has 1 saturated carbocycles. The van der Waals surface area contributed by atoms with E-state index in [0.29, 0.717) is 5.91 Å². The summed E-state index contributed by atoms with van der Waals surface area (Å²) in [5.74, 6) is 1.21. The minimum Gasteiger partial charge on any atom is -0.337 e. The Morgan fingerprint density at radius 3 is 2.68 bits per heavy atom. The van der Waals surface area contributed by atoms with Gasteiger partial charge >= 0.3 is 0 Å². The SMILES string of the molecule is Cn1cc(CN2CCC3(CCC(=O)N3CC3CC3)CC2)cn1. The lowest BCUT2D eigenvalue weighted by atomic mass is 9.84. The van der Waals surface area contributed by atoms with Crippen LogP contribution in [-0.2, 0) is 18.4 Å². The first-order chi connectivity index (χ1) is 10.6. The highest BCUT2D eigenvalue weighted by Crippen LogP contribution is 2.42. The third-order valence-corrected chi connectivity index (χ3v) is 5.77. The number of likely N-dealkylation sites (tertiary alicyclic amines) is 2. The molecule has 3 heterocycles. The van der Waals surface area contributed by atoms with Crippen LogP contribution in [0.15, 0.2) is 12.4 Å². The average Bonchev–Trinajstić information content (AvgIpc) is 3.18. The Kier molecular flexibility index (Phi) is 3.48. The predicted octanol–water partition coefficient (Wildman–Crippen LogP) is 1.79. The minimum atomic E-state index is 0.186. The second kappa shape index (κ2) is 5.37. The van der Waals surface area contributed by atoms with Crippen LogP contribution in [-0.4, -0.2) is 50.7 Å². The molecular formula is C17H26N4O. The van der Waals surface area contributed by atoms with E-state index in [1.165, 1.54) is 18.4 Å². The van der Waals surface area contributed by atoms with Crippen LogP contribution < -0.4 is 0 Å². The van der Waals surface area contributed by atoms with Gasteiger partial charge in [-0.2, -0.15) is 5.10 Å². The van der Waals surface area contributed by atoms with E-state index in [2.05, 4.69) is 21.1 Å². The molecule has 3 fully saturated rings. The Balaban J connectivity index is 1.38. The van der Waals surface area contributed by atoms with Gasteiger partial charge in [0, 0.05) is 56.9 Å². The quantitative estimate of drug-likeness (QED) is 0.851. The van der Waals surface area contributed by atoms with E-state index in [0.717, 1.165) is 57.8 Å². The first-order valence-electron chi connectivity index (χ1n) is 8.65. The normalized spacial score (nSPS) is 25.3. The number of amides is 1. The first-order valence-corrected chi connectivity index (χ1v) is 8.65. The highest BCUT2D eigenvalue weighted by atomic mass is 16.2.